The largest absolute Gasteiger partial charge is 0.455 e. The van der Waals surface area contributed by atoms with Gasteiger partial charge in [-0.1, -0.05) is 13.8 Å². The molecule has 1 amide bonds. The molecule has 1 atom stereocenters. The Labute approximate surface area is 169 Å². The zero-order chi connectivity index (χ0) is 20.5. The van der Waals surface area contributed by atoms with Crippen LogP contribution in [0.25, 0.3) is 0 Å². The third-order valence-electron chi connectivity index (χ3n) is 4.52. The number of benzene rings is 1. The fourth-order valence-corrected chi connectivity index (χ4v) is 4.68. The zero-order valence-electron chi connectivity index (χ0n) is 15.3. The summed E-state index contributed by atoms with van der Waals surface area (Å²) in [4.78, 5) is 24.0. The van der Waals surface area contributed by atoms with Gasteiger partial charge in [-0.2, -0.15) is 4.31 Å². The van der Waals surface area contributed by atoms with Crippen LogP contribution in [0.1, 0.15) is 27.2 Å². The molecular weight excluding hydrogens is 415 g/mol. The van der Waals surface area contributed by atoms with E-state index in [-0.39, 0.29) is 11.3 Å². The lowest BCUT2D eigenvalue weighted by Gasteiger charge is -2.18. The normalized spacial score (nSPS) is 21.0. The Kier molecular flexibility index (Phi) is 6.46. The van der Waals surface area contributed by atoms with Gasteiger partial charge in [-0.25, -0.2) is 8.42 Å². The average Bonchev–Trinajstić information content (AvgIpc) is 3.13. The Morgan fingerprint density at radius 1 is 1.19 bits per heavy atom. The molecular formula is C17H22Cl2N2O5S. The smallest absolute Gasteiger partial charge is 0.315 e. The fourth-order valence-electron chi connectivity index (χ4n) is 2.53. The van der Waals surface area contributed by atoms with Gasteiger partial charge in [0.2, 0.25) is 10.0 Å². The number of hydrogen-bond acceptors (Lipinski definition) is 5. The molecule has 150 valence electrons. The highest BCUT2D eigenvalue weighted by molar-refractivity contribution is 7.89. The van der Waals surface area contributed by atoms with Gasteiger partial charge in [-0.05, 0) is 31.2 Å². The number of carbonyl (C=O) groups excluding carboxylic acids is 2. The average molecular weight is 437 g/mol. The third kappa shape index (κ3) is 4.56. The number of halogens is 2. The lowest BCUT2D eigenvalue weighted by Crippen LogP contribution is -2.30. The van der Waals surface area contributed by atoms with Crippen LogP contribution in [0.5, 0.6) is 0 Å². The fraction of sp³-hybridized carbons (Fsp3) is 0.529. The van der Waals surface area contributed by atoms with Crippen molar-refractivity contribution in [3.63, 3.8) is 0 Å². The van der Waals surface area contributed by atoms with E-state index in [0.29, 0.717) is 18.8 Å². The molecule has 0 heterocycles. The van der Waals surface area contributed by atoms with Crippen molar-refractivity contribution >= 4 is 50.8 Å². The second-order valence-electron chi connectivity index (χ2n) is 6.45. The van der Waals surface area contributed by atoms with Crippen molar-refractivity contribution in [3.05, 3.63) is 24.3 Å². The van der Waals surface area contributed by atoms with Gasteiger partial charge in [0, 0.05) is 25.2 Å². The molecule has 1 fully saturated rings. The Morgan fingerprint density at radius 3 is 2.15 bits per heavy atom. The quantitative estimate of drug-likeness (QED) is 0.499. The van der Waals surface area contributed by atoms with Crippen LogP contribution in [0, 0.1) is 5.41 Å². The first-order chi connectivity index (χ1) is 12.5. The van der Waals surface area contributed by atoms with Gasteiger partial charge in [-0.3, -0.25) is 9.59 Å². The highest BCUT2D eigenvalue weighted by atomic mass is 35.5. The van der Waals surface area contributed by atoms with Crippen molar-refractivity contribution in [3.8, 4) is 0 Å². The molecule has 2 rings (SSSR count). The van der Waals surface area contributed by atoms with E-state index in [4.69, 9.17) is 27.9 Å². The molecule has 1 N–H and O–H groups in total. The molecule has 10 heteroatoms. The van der Waals surface area contributed by atoms with Gasteiger partial charge < -0.3 is 10.1 Å². The molecule has 1 aromatic rings. The topological polar surface area (TPSA) is 92.8 Å². The number of rotatable bonds is 8. The number of nitrogens with zero attached hydrogens (tertiary/aromatic N) is 1. The number of sulfonamides is 1. The summed E-state index contributed by atoms with van der Waals surface area (Å²) < 4.78 is 30.0. The number of ether oxygens (including phenoxy) is 1. The second-order valence-corrected chi connectivity index (χ2v) is 9.87. The summed E-state index contributed by atoms with van der Waals surface area (Å²) in [5.41, 5.74) is -0.618. The Hall–Kier alpha value is -1.35. The van der Waals surface area contributed by atoms with E-state index in [9.17, 15) is 18.0 Å². The van der Waals surface area contributed by atoms with Crippen molar-refractivity contribution < 1.29 is 22.7 Å². The van der Waals surface area contributed by atoms with E-state index in [1.54, 1.807) is 20.8 Å². The van der Waals surface area contributed by atoms with E-state index >= 15 is 0 Å². The number of carbonyl (C=O) groups is 2. The summed E-state index contributed by atoms with van der Waals surface area (Å²) in [5.74, 6) is -1.19. The van der Waals surface area contributed by atoms with E-state index < -0.39 is 38.3 Å². The van der Waals surface area contributed by atoms with Crippen LogP contribution in [-0.4, -0.2) is 48.6 Å². The van der Waals surface area contributed by atoms with Gasteiger partial charge in [0.1, 0.15) is 9.75 Å². The standard InChI is InChI=1S/C17H22Cl2N2O5S/c1-4-21(5-2)27(24,25)13-8-6-12(7-9-13)20-14(22)10-26-15(23)16(3)11-17(16,18)19/h6-9H,4-5,10-11H2,1-3H3,(H,20,22). The highest BCUT2D eigenvalue weighted by Crippen LogP contribution is 2.64. The highest BCUT2D eigenvalue weighted by Gasteiger charge is 2.69. The predicted molar refractivity (Wildman–Crippen MR) is 103 cm³/mol. The predicted octanol–water partition coefficient (Wildman–Crippen LogP) is 2.78. The summed E-state index contributed by atoms with van der Waals surface area (Å²) in [6, 6.07) is 5.77. The minimum Gasteiger partial charge on any atom is -0.455 e. The first kappa shape index (κ1) is 21.9. The van der Waals surface area contributed by atoms with Crippen molar-refractivity contribution in [1.29, 1.82) is 0 Å². The van der Waals surface area contributed by atoms with E-state index in [1.807, 2.05) is 0 Å². The van der Waals surface area contributed by atoms with E-state index in [1.165, 1.54) is 28.6 Å². The van der Waals surface area contributed by atoms with Crippen molar-refractivity contribution in [1.82, 2.24) is 4.31 Å². The molecule has 1 aromatic carbocycles. The monoisotopic (exact) mass is 436 g/mol. The van der Waals surface area contributed by atoms with Crippen LogP contribution in [0.2, 0.25) is 0 Å². The molecule has 0 aromatic heterocycles. The van der Waals surface area contributed by atoms with Crippen LogP contribution >= 0.6 is 23.2 Å². The minimum absolute atomic E-state index is 0.137. The van der Waals surface area contributed by atoms with E-state index in [0.717, 1.165) is 0 Å². The van der Waals surface area contributed by atoms with Gasteiger partial charge >= 0.3 is 5.97 Å². The molecule has 1 saturated carbocycles. The molecule has 1 aliphatic rings. The van der Waals surface area contributed by atoms with Gasteiger partial charge in [0.15, 0.2) is 6.61 Å². The van der Waals surface area contributed by atoms with Gasteiger partial charge in [0.25, 0.3) is 5.91 Å². The van der Waals surface area contributed by atoms with Crippen LogP contribution in [0.15, 0.2) is 29.2 Å². The Bertz CT molecular complexity index is 822. The number of amides is 1. The van der Waals surface area contributed by atoms with Crippen molar-refractivity contribution in [2.45, 2.75) is 36.4 Å². The summed E-state index contributed by atoms with van der Waals surface area (Å²) in [6.07, 6.45) is 0.270. The first-order valence-electron chi connectivity index (χ1n) is 8.43. The summed E-state index contributed by atoms with van der Waals surface area (Å²) >= 11 is 11.8. The van der Waals surface area contributed by atoms with Crippen LogP contribution < -0.4 is 5.32 Å². The summed E-state index contributed by atoms with van der Waals surface area (Å²) in [5, 5.41) is 2.54. The number of hydrogen-bond donors (Lipinski definition) is 1. The molecule has 1 aliphatic carbocycles. The molecule has 0 aliphatic heterocycles. The molecule has 0 saturated heterocycles. The SMILES string of the molecule is CCN(CC)S(=O)(=O)c1ccc(NC(=O)COC(=O)C2(C)CC2(Cl)Cl)cc1. The molecule has 27 heavy (non-hydrogen) atoms. The summed E-state index contributed by atoms with van der Waals surface area (Å²) in [6.45, 7) is 5.34. The number of alkyl halides is 2. The Morgan fingerprint density at radius 2 is 1.70 bits per heavy atom. The second kappa shape index (κ2) is 7.95. The maximum absolute atomic E-state index is 12.4. The lowest BCUT2D eigenvalue weighted by molar-refractivity contribution is -0.152. The minimum atomic E-state index is -3.56. The molecule has 1 unspecified atom stereocenters. The van der Waals surface area contributed by atoms with Crippen molar-refractivity contribution in [2.24, 2.45) is 5.41 Å². The van der Waals surface area contributed by atoms with Crippen LogP contribution in [0.3, 0.4) is 0 Å². The number of esters is 1. The molecule has 0 bridgehead atoms. The van der Waals surface area contributed by atoms with Gasteiger partial charge in [0.05, 0.1) is 4.90 Å². The zero-order valence-corrected chi connectivity index (χ0v) is 17.6. The molecule has 7 nitrogen and oxygen atoms in total. The summed E-state index contributed by atoms with van der Waals surface area (Å²) in [7, 11) is -3.56. The number of nitrogens with one attached hydrogen (secondary N) is 1. The maximum atomic E-state index is 12.4. The van der Waals surface area contributed by atoms with E-state index in [2.05, 4.69) is 5.32 Å². The van der Waals surface area contributed by atoms with Crippen LogP contribution in [0.4, 0.5) is 5.69 Å². The van der Waals surface area contributed by atoms with Gasteiger partial charge in [-0.15, -0.1) is 23.2 Å². The Balaban J connectivity index is 1.93. The number of anilines is 1. The van der Waals surface area contributed by atoms with Crippen molar-refractivity contribution in [2.75, 3.05) is 25.0 Å². The molecule has 0 spiro atoms. The molecule has 0 radical (unpaired) electrons. The third-order valence-corrected chi connectivity index (χ3v) is 7.69. The van der Waals surface area contributed by atoms with Crippen LogP contribution in [-0.2, 0) is 24.3 Å². The maximum Gasteiger partial charge on any atom is 0.315 e. The lowest BCUT2D eigenvalue weighted by atomic mass is 10.1. The first-order valence-corrected chi connectivity index (χ1v) is 10.6.